The zero-order valence-electron chi connectivity index (χ0n) is 17.8. The molecule has 2 N–H and O–H groups in total. The van der Waals surface area contributed by atoms with Crippen LogP contribution in [0.5, 0.6) is 11.6 Å². The number of nitrogens with zero attached hydrogens (tertiary/aromatic N) is 3. The number of hydrogen-bond acceptors (Lipinski definition) is 5. The summed E-state index contributed by atoms with van der Waals surface area (Å²) in [6.07, 6.45) is 1.67. The Morgan fingerprint density at radius 3 is 2.65 bits per heavy atom. The van der Waals surface area contributed by atoms with E-state index in [1.807, 2.05) is 19.1 Å². The number of benzene rings is 1. The van der Waals surface area contributed by atoms with Crippen LogP contribution in [0.4, 0.5) is 4.39 Å². The lowest BCUT2D eigenvalue weighted by atomic mass is 10.2. The quantitative estimate of drug-likeness (QED) is 0.219. The van der Waals surface area contributed by atoms with Gasteiger partial charge in [-0.25, -0.2) is 19.4 Å². The molecule has 1 aromatic carbocycles. The molecule has 0 aliphatic rings. The average Bonchev–Trinajstić information content (AvgIpc) is 3.22. The number of guanidine groups is 1. The average molecular weight is 555 g/mol. The van der Waals surface area contributed by atoms with Gasteiger partial charge in [0.25, 0.3) is 0 Å². The van der Waals surface area contributed by atoms with Crippen LogP contribution in [0.15, 0.2) is 53.0 Å². The smallest absolute Gasteiger partial charge is 0.219 e. The number of halogens is 2. The number of rotatable bonds is 8. The van der Waals surface area contributed by atoms with Gasteiger partial charge in [0, 0.05) is 24.2 Å². The molecular formula is C22H27FIN5OS. The van der Waals surface area contributed by atoms with E-state index in [2.05, 4.69) is 44.8 Å². The zero-order valence-corrected chi connectivity index (χ0v) is 20.9. The zero-order chi connectivity index (χ0) is 21.3. The topological polar surface area (TPSA) is 71.4 Å². The van der Waals surface area contributed by atoms with E-state index in [1.165, 1.54) is 12.1 Å². The van der Waals surface area contributed by atoms with Crippen molar-refractivity contribution in [3.8, 4) is 11.6 Å². The Balaban J connectivity index is 0.00000341. The summed E-state index contributed by atoms with van der Waals surface area (Å²) in [6, 6.07) is 9.55. The number of aromatic nitrogens is 2. The normalized spacial score (nSPS) is 11.2. The molecule has 31 heavy (non-hydrogen) atoms. The molecule has 0 fully saturated rings. The molecule has 0 saturated heterocycles. The predicted molar refractivity (Wildman–Crippen MR) is 134 cm³/mol. The van der Waals surface area contributed by atoms with Crippen molar-refractivity contribution in [3.05, 3.63) is 70.1 Å². The molecule has 0 aliphatic carbocycles. The fraction of sp³-hybridized carbons (Fsp3) is 0.318. The maximum absolute atomic E-state index is 13.0. The van der Waals surface area contributed by atoms with E-state index in [0.29, 0.717) is 30.6 Å². The van der Waals surface area contributed by atoms with Gasteiger partial charge in [0.2, 0.25) is 5.88 Å². The Hall–Kier alpha value is -2.27. The Kier molecular flexibility index (Phi) is 10.1. The van der Waals surface area contributed by atoms with Gasteiger partial charge >= 0.3 is 0 Å². The number of aliphatic imine (C=N–C) groups is 1. The van der Waals surface area contributed by atoms with Crippen LogP contribution in [0.2, 0.25) is 0 Å². The SMILES string of the molecule is CCNC(=NCc1ccnc(Oc2ccc(F)cc2)c1)NCc1nc(C(C)C)cs1.I. The summed E-state index contributed by atoms with van der Waals surface area (Å²) in [6.45, 7) is 8.15. The van der Waals surface area contributed by atoms with Crippen molar-refractivity contribution in [2.75, 3.05) is 6.54 Å². The minimum absolute atomic E-state index is 0. The van der Waals surface area contributed by atoms with Crippen LogP contribution in [0.25, 0.3) is 0 Å². The Bertz CT molecular complexity index is 978. The van der Waals surface area contributed by atoms with E-state index in [0.717, 1.165) is 28.8 Å². The van der Waals surface area contributed by atoms with Gasteiger partial charge in [-0.2, -0.15) is 0 Å². The van der Waals surface area contributed by atoms with Crippen molar-refractivity contribution in [3.63, 3.8) is 0 Å². The van der Waals surface area contributed by atoms with Crippen LogP contribution in [0.1, 0.15) is 43.0 Å². The van der Waals surface area contributed by atoms with Crippen LogP contribution in [0.3, 0.4) is 0 Å². The standard InChI is InChI=1S/C22H26FN5OS.HI/c1-4-24-22(27-13-21-28-19(14-30-21)15(2)3)26-12-16-9-10-25-20(11-16)29-18-7-5-17(23)6-8-18;/h5-11,14-15H,4,12-13H2,1-3H3,(H2,24,26,27);1H. The number of nitrogens with one attached hydrogen (secondary N) is 2. The number of pyridine rings is 1. The highest BCUT2D eigenvalue weighted by atomic mass is 127. The van der Waals surface area contributed by atoms with Crippen molar-refractivity contribution >= 4 is 41.3 Å². The van der Waals surface area contributed by atoms with E-state index >= 15 is 0 Å². The Labute approximate surface area is 203 Å². The van der Waals surface area contributed by atoms with Crippen LogP contribution < -0.4 is 15.4 Å². The van der Waals surface area contributed by atoms with Crippen molar-refractivity contribution in [1.82, 2.24) is 20.6 Å². The van der Waals surface area contributed by atoms with Gasteiger partial charge in [0.1, 0.15) is 16.6 Å². The predicted octanol–water partition coefficient (Wildman–Crippen LogP) is 5.47. The fourth-order valence-corrected chi connectivity index (χ4v) is 3.47. The van der Waals surface area contributed by atoms with Gasteiger partial charge in [-0.1, -0.05) is 13.8 Å². The van der Waals surface area contributed by atoms with Gasteiger partial charge < -0.3 is 15.4 Å². The summed E-state index contributed by atoms with van der Waals surface area (Å²) in [4.78, 5) is 13.5. The maximum atomic E-state index is 13.0. The van der Waals surface area contributed by atoms with Crippen LogP contribution in [-0.2, 0) is 13.1 Å². The lowest BCUT2D eigenvalue weighted by molar-refractivity contribution is 0.460. The molecule has 6 nitrogen and oxygen atoms in total. The molecule has 0 bridgehead atoms. The van der Waals surface area contributed by atoms with E-state index in [-0.39, 0.29) is 29.8 Å². The summed E-state index contributed by atoms with van der Waals surface area (Å²) in [7, 11) is 0. The summed E-state index contributed by atoms with van der Waals surface area (Å²) in [5, 5.41) is 9.70. The molecule has 0 atom stereocenters. The second kappa shape index (κ2) is 12.6. The molecule has 0 unspecified atom stereocenters. The van der Waals surface area contributed by atoms with Gasteiger partial charge in [0.05, 0.1) is 18.8 Å². The molecule has 2 heterocycles. The second-order valence-corrected chi connectivity index (χ2v) is 7.87. The monoisotopic (exact) mass is 555 g/mol. The molecule has 0 amide bonds. The van der Waals surface area contributed by atoms with Crippen molar-refractivity contribution in [2.45, 2.75) is 39.8 Å². The van der Waals surface area contributed by atoms with Gasteiger partial charge in [-0.15, -0.1) is 35.3 Å². The second-order valence-electron chi connectivity index (χ2n) is 6.93. The van der Waals surface area contributed by atoms with Crippen LogP contribution in [-0.4, -0.2) is 22.5 Å². The lowest BCUT2D eigenvalue weighted by Crippen LogP contribution is -2.36. The molecular weight excluding hydrogens is 528 g/mol. The number of hydrogen-bond donors (Lipinski definition) is 2. The van der Waals surface area contributed by atoms with E-state index < -0.39 is 0 Å². The first kappa shape index (κ1) is 25.0. The first-order chi connectivity index (χ1) is 14.5. The fourth-order valence-electron chi connectivity index (χ4n) is 2.57. The minimum Gasteiger partial charge on any atom is -0.439 e. The summed E-state index contributed by atoms with van der Waals surface area (Å²) in [5.41, 5.74) is 2.07. The highest BCUT2D eigenvalue weighted by molar-refractivity contribution is 14.0. The maximum Gasteiger partial charge on any atom is 0.219 e. The third kappa shape index (κ3) is 8.06. The molecule has 0 radical (unpaired) electrons. The molecule has 2 aromatic heterocycles. The molecule has 3 rings (SSSR count). The first-order valence-electron chi connectivity index (χ1n) is 9.88. The molecule has 9 heteroatoms. The number of thiazole rings is 1. The summed E-state index contributed by atoms with van der Waals surface area (Å²) >= 11 is 1.65. The highest BCUT2D eigenvalue weighted by Crippen LogP contribution is 2.20. The van der Waals surface area contributed by atoms with E-state index in [1.54, 1.807) is 29.7 Å². The largest absolute Gasteiger partial charge is 0.439 e. The highest BCUT2D eigenvalue weighted by Gasteiger charge is 2.07. The van der Waals surface area contributed by atoms with Gasteiger partial charge in [-0.05, 0) is 48.7 Å². The first-order valence-corrected chi connectivity index (χ1v) is 10.8. The Morgan fingerprint density at radius 2 is 1.97 bits per heavy atom. The third-order valence-electron chi connectivity index (χ3n) is 4.17. The third-order valence-corrected chi connectivity index (χ3v) is 5.03. The molecule has 3 aromatic rings. The molecule has 0 saturated carbocycles. The van der Waals surface area contributed by atoms with Crippen molar-refractivity contribution in [1.29, 1.82) is 0 Å². The minimum atomic E-state index is -0.306. The van der Waals surface area contributed by atoms with Gasteiger partial charge in [-0.3, -0.25) is 0 Å². The van der Waals surface area contributed by atoms with Crippen LogP contribution in [0, 0.1) is 5.82 Å². The molecule has 166 valence electrons. The summed E-state index contributed by atoms with van der Waals surface area (Å²) in [5.74, 6) is 1.81. The Morgan fingerprint density at radius 1 is 1.19 bits per heavy atom. The molecule has 0 spiro atoms. The van der Waals surface area contributed by atoms with Crippen LogP contribution >= 0.6 is 35.3 Å². The van der Waals surface area contributed by atoms with Crippen molar-refractivity contribution in [2.24, 2.45) is 4.99 Å². The lowest BCUT2D eigenvalue weighted by Gasteiger charge is -2.10. The number of ether oxygens (including phenoxy) is 1. The summed E-state index contributed by atoms with van der Waals surface area (Å²) < 4.78 is 18.7. The van der Waals surface area contributed by atoms with Gasteiger partial charge in [0.15, 0.2) is 5.96 Å². The molecule has 0 aliphatic heterocycles. The van der Waals surface area contributed by atoms with Crippen molar-refractivity contribution < 1.29 is 9.13 Å². The van der Waals surface area contributed by atoms with E-state index in [9.17, 15) is 4.39 Å². The van der Waals surface area contributed by atoms with E-state index in [4.69, 9.17) is 4.74 Å².